The molecule has 2 rings (SSSR count). The van der Waals surface area contributed by atoms with E-state index in [9.17, 15) is 4.39 Å². The van der Waals surface area contributed by atoms with Crippen molar-refractivity contribution in [1.29, 1.82) is 0 Å². The smallest absolute Gasteiger partial charge is 0.125 e. The Labute approximate surface area is 118 Å². The molecule has 0 saturated heterocycles. The molecule has 0 aliphatic heterocycles. The maximum absolute atomic E-state index is 13.2. The third kappa shape index (κ3) is 3.07. The van der Waals surface area contributed by atoms with Crippen LogP contribution in [-0.4, -0.2) is 34.1 Å². The molecule has 1 aromatic carbocycles. The number of rotatable bonds is 6. The average molecular weight is 284 g/mol. The minimum atomic E-state index is -0.262. The molecule has 0 unspecified atom stereocenters. The van der Waals surface area contributed by atoms with Gasteiger partial charge in [0.2, 0.25) is 0 Å². The second-order valence-electron chi connectivity index (χ2n) is 4.47. The Morgan fingerprint density at radius 1 is 1.32 bits per heavy atom. The molecule has 2 aromatic rings. The molecule has 0 amide bonds. The van der Waals surface area contributed by atoms with Gasteiger partial charge in [-0.2, -0.15) is 0 Å². The van der Waals surface area contributed by atoms with Crippen LogP contribution in [0.1, 0.15) is 19.7 Å². The van der Waals surface area contributed by atoms with Gasteiger partial charge in [0.25, 0.3) is 0 Å². The maximum Gasteiger partial charge on any atom is 0.125 e. The quantitative estimate of drug-likeness (QED) is 0.759. The minimum absolute atomic E-state index is 0.262. The SMILES string of the molecule is CCN(CC)CCn1c(CCl)nc2cc(F)ccc21. The molecule has 104 valence electrons. The number of hydrogen-bond donors (Lipinski definition) is 0. The third-order valence-electron chi connectivity index (χ3n) is 3.44. The van der Waals surface area contributed by atoms with Crippen molar-refractivity contribution in [1.82, 2.24) is 14.5 Å². The zero-order valence-corrected chi connectivity index (χ0v) is 12.1. The third-order valence-corrected chi connectivity index (χ3v) is 3.68. The number of likely N-dealkylation sites (N-methyl/N-ethyl adjacent to an activating group) is 1. The first-order valence-corrected chi connectivity index (χ1v) is 7.16. The summed E-state index contributed by atoms with van der Waals surface area (Å²) in [4.78, 5) is 6.73. The second kappa shape index (κ2) is 6.35. The van der Waals surface area contributed by atoms with E-state index in [1.807, 2.05) is 0 Å². The van der Waals surface area contributed by atoms with Crippen LogP contribution >= 0.6 is 11.6 Å². The number of alkyl halides is 1. The zero-order chi connectivity index (χ0) is 13.8. The summed E-state index contributed by atoms with van der Waals surface area (Å²) in [6, 6.07) is 4.70. The van der Waals surface area contributed by atoms with Crippen LogP contribution in [0.5, 0.6) is 0 Å². The predicted molar refractivity (Wildman–Crippen MR) is 77.0 cm³/mol. The topological polar surface area (TPSA) is 21.1 Å². The Balaban J connectivity index is 2.30. The van der Waals surface area contributed by atoms with Gasteiger partial charge in [-0.05, 0) is 25.2 Å². The first-order valence-electron chi connectivity index (χ1n) is 6.62. The molecule has 0 N–H and O–H groups in total. The van der Waals surface area contributed by atoms with Gasteiger partial charge in [0, 0.05) is 19.2 Å². The zero-order valence-electron chi connectivity index (χ0n) is 11.4. The molecule has 3 nitrogen and oxygen atoms in total. The van der Waals surface area contributed by atoms with Crippen LogP contribution in [0, 0.1) is 5.82 Å². The fraction of sp³-hybridized carbons (Fsp3) is 0.500. The van der Waals surface area contributed by atoms with E-state index in [-0.39, 0.29) is 5.82 Å². The van der Waals surface area contributed by atoms with Crippen molar-refractivity contribution in [3.05, 3.63) is 29.8 Å². The lowest BCUT2D eigenvalue weighted by Crippen LogP contribution is -2.27. The van der Waals surface area contributed by atoms with Gasteiger partial charge in [-0.25, -0.2) is 9.37 Å². The van der Waals surface area contributed by atoms with E-state index >= 15 is 0 Å². The van der Waals surface area contributed by atoms with Crippen LogP contribution in [0.2, 0.25) is 0 Å². The Kier molecular flexibility index (Phi) is 4.77. The summed E-state index contributed by atoms with van der Waals surface area (Å²) >= 11 is 5.94. The Morgan fingerprint density at radius 2 is 2.05 bits per heavy atom. The van der Waals surface area contributed by atoms with Crippen molar-refractivity contribution >= 4 is 22.6 Å². The number of imidazole rings is 1. The van der Waals surface area contributed by atoms with E-state index in [1.54, 1.807) is 6.07 Å². The number of halogens is 2. The maximum atomic E-state index is 13.2. The Bertz CT molecular complexity index is 549. The van der Waals surface area contributed by atoms with Gasteiger partial charge in [-0.3, -0.25) is 0 Å². The molecule has 0 radical (unpaired) electrons. The van der Waals surface area contributed by atoms with Crippen molar-refractivity contribution < 1.29 is 4.39 Å². The fourth-order valence-electron chi connectivity index (χ4n) is 2.29. The van der Waals surface area contributed by atoms with Gasteiger partial charge in [-0.1, -0.05) is 13.8 Å². The van der Waals surface area contributed by atoms with E-state index in [2.05, 4.69) is 28.3 Å². The van der Waals surface area contributed by atoms with E-state index in [0.717, 1.165) is 37.5 Å². The van der Waals surface area contributed by atoms with Crippen molar-refractivity contribution in [3.8, 4) is 0 Å². The largest absolute Gasteiger partial charge is 0.326 e. The minimum Gasteiger partial charge on any atom is -0.326 e. The highest BCUT2D eigenvalue weighted by molar-refractivity contribution is 6.16. The molecule has 0 aliphatic rings. The van der Waals surface area contributed by atoms with E-state index < -0.39 is 0 Å². The Morgan fingerprint density at radius 3 is 2.68 bits per heavy atom. The number of fused-ring (bicyclic) bond motifs is 1. The van der Waals surface area contributed by atoms with Crippen molar-refractivity contribution in [2.75, 3.05) is 19.6 Å². The van der Waals surface area contributed by atoms with Crippen LogP contribution in [-0.2, 0) is 12.4 Å². The number of nitrogens with zero attached hydrogens (tertiary/aromatic N) is 3. The highest BCUT2D eigenvalue weighted by atomic mass is 35.5. The van der Waals surface area contributed by atoms with Crippen molar-refractivity contribution in [2.45, 2.75) is 26.3 Å². The van der Waals surface area contributed by atoms with Crippen LogP contribution in [0.25, 0.3) is 11.0 Å². The Hall–Kier alpha value is -1.13. The lowest BCUT2D eigenvalue weighted by atomic mass is 10.3. The highest BCUT2D eigenvalue weighted by Crippen LogP contribution is 2.18. The average Bonchev–Trinajstić information content (AvgIpc) is 2.77. The molecule has 0 atom stereocenters. The molecule has 1 aromatic heterocycles. The van der Waals surface area contributed by atoms with E-state index in [0.29, 0.717) is 11.4 Å². The molecule has 0 bridgehead atoms. The van der Waals surface area contributed by atoms with Gasteiger partial charge >= 0.3 is 0 Å². The molecule has 0 spiro atoms. The molecule has 0 aliphatic carbocycles. The van der Waals surface area contributed by atoms with E-state index in [1.165, 1.54) is 12.1 Å². The predicted octanol–water partition coefficient (Wildman–Crippen LogP) is 3.26. The molecule has 1 heterocycles. The van der Waals surface area contributed by atoms with Gasteiger partial charge in [0.05, 0.1) is 16.9 Å². The first-order chi connectivity index (χ1) is 9.19. The van der Waals surface area contributed by atoms with Crippen LogP contribution in [0.15, 0.2) is 18.2 Å². The monoisotopic (exact) mass is 283 g/mol. The molecule has 0 saturated carbocycles. The summed E-state index contributed by atoms with van der Waals surface area (Å²) in [7, 11) is 0. The number of benzene rings is 1. The second-order valence-corrected chi connectivity index (χ2v) is 4.74. The summed E-state index contributed by atoms with van der Waals surface area (Å²) in [6.07, 6.45) is 0. The normalized spacial score (nSPS) is 11.6. The molecule has 19 heavy (non-hydrogen) atoms. The number of hydrogen-bond acceptors (Lipinski definition) is 2. The van der Waals surface area contributed by atoms with Crippen LogP contribution < -0.4 is 0 Å². The van der Waals surface area contributed by atoms with Gasteiger partial charge in [0.15, 0.2) is 0 Å². The van der Waals surface area contributed by atoms with Crippen LogP contribution in [0.3, 0.4) is 0 Å². The standard InChI is InChI=1S/C14H19ClFN3/c1-3-18(4-2)7-8-19-13-6-5-11(16)9-12(13)17-14(19)10-15/h5-6,9H,3-4,7-8,10H2,1-2H3. The lowest BCUT2D eigenvalue weighted by Gasteiger charge is -2.19. The fourth-order valence-corrected chi connectivity index (χ4v) is 2.49. The first kappa shape index (κ1) is 14.3. The summed E-state index contributed by atoms with van der Waals surface area (Å²) in [6.45, 7) is 8.11. The summed E-state index contributed by atoms with van der Waals surface area (Å²) in [5.74, 6) is 0.880. The highest BCUT2D eigenvalue weighted by Gasteiger charge is 2.11. The molecule has 0 fully saturated rings. The van der Waals surface area contributed by atoms with Gasteiger partial charge < -0.3 is 9.47 Å². The van der Waals surface area contributed by atoms with Gasteiger partial charge in [-0.15, -0.1) is 11.6 Å². The molecular weight excluding hydrogens is 265 g/mol. The van der Waals surface area contributed by atoms with Crippen molar-refractivity contribution in [3.63, 3.8) is 0 Å². The molecular formula is C14H19ClFN3. The summed E-state index contributed by atoms with van der Waals surface area (Å²) < 4.78 is 15.3. The van der Waals surface area contributed by atoms with Crippen LogP contribution in [0.4, 0.5) is 4.39 Å². The number of aromatic nitrogens is 2. The summed E-state index contributed by atoms with van der Waals surface area (Å²) in [5, 5.41) is 0. The van der Waals surface area contributed by atoms with Crippen molar-refractivity contribution in [2.24, 2.45) is 0 Å². The van der Waals surface area contributed by atoms with Gasteiger partial charge in [0.1, 0.15) is 11.6 Å². The lowest BCUT2D eigenvalue weighted by molar-refractivity contribution is 0.291. The molecule has 5 heteroatoms. The summed E-state index contributed by atoms with van der Waals surface area (Å²) in [5.41, 5.74) is 1.62. The van der Waals surface area contributed by atoms with E-state index in [4.69, 9.17) is 11.6 Å².